The van der Waals surface area contributed by atoms with Gasteiger partial charge in [0.25, 0.3) is 5.62 Å². The zero-order valence-corrected chi connectivity index (χ0v) is 10.1. The number of hydrogen-bond acceptors (Lipinski definition) is 4. The van der Waals surface area contributed by atoms with Gasteiger partial charge in [0.2, 0.25) is 0 Å². The monoisotopic (exact) mass is 247 g/mol. The summed E-state index contributed by atoms with van der Waals surface area (Å²) in [6.45, 7) is 3.62. The maximum Gasteiger partial charge on any atom is 0.437 e. The lowest BCUT2D eigenvalue weighted by Crippen LogP contribution is -2.26. The van der Waals surface area contributed by atoms with Gasteiger partial charge in [0.15, 0.2) is 0 Å². The first-order valence-electron chi connectivity index (χ1n) is 5.52. The van der Waals surface area contributed by atoms with Crippen molar-refractivity contribution >= 4 is 17.0 Å². The first-order valence-corrected chi connectivity index (χ1v) is 5.52. The largest absolute Gasteiger partial charge is 0.448 e. The molecule has 0 fully saturated rings. The lowest BCUT2D eigenvalue weighted by molar-refractivity contribution is 0.149. The molecule has 94 valence electrons. The summed E-state index contributed by atoms with van der Waals surface area (Å²) in [5, 5.41) is 10.7. The normalized spacial score (nSPS) is 11.8. The highest BCUT2D eigenvalue weighted by atomic mass is 16.5. The second-order valence-corrected chi connectivity index (χ2v) is 3.64. The summed E-state index contributed by atoms with van der Waals surface area (Å²) < 4.78 is 5.46. The fraction of sp³-hybridized carbons (Fsp3) is 0.250. The van der Waals surface area contributed by atoms with Crippen LogP contribution in [-0.4, -0.2) is 27.6 Å². The Kier molecular flexibility index (Phi) is 3.27. The molecular weight excluding hydrogens is 234 g/mol. The number of carbonyl (C=O) groups is 1. The van der Waals surface area contributed by atoms with Gasteiger partial charge in [0.1, 0.15) is 0 Å². The minimum atomic E-state index is -0.775. The molecule has 2 aromatic rings. The summed E-state index contributed by atoms with van der Waals surface area (Å²) in [7, 11) is 0. The van der Waals surface area contributed by atoms with Crippen molar-refractivity contribution in [3.8, 4) is 0 Å². The van der Waals surface area contributed by atoms with Gasteiger partial charge in [-0.05, 0) is 19.9 Å². The highest BCUT2D eigenvalue weighted by molar-refractivity contribution is 5.80. The van der Waals surface area contributed by atoms with Crippen molar-refractivity contribution in [2.75, 3.05) is 6.61 Å². The number of nitrogens with zero attached hydrogens (tertiary/aromatic N) is 3. The van der Waals surface area contributed by atoms with Crippen LogP contribution in [0.15, 0.2) is 29.3 Å². The van der Waals surface area contributed by atoms with E-state index in [9.17, 15) is 10.0 Å². The van der Waals surface area contributed by atoms with Crippen molar-refractivity contribution < 1.29 is 14.7 Å². The molecule has 0 unspecified atom stereocenters. The van der Waals surface area contributed by atoms with Crippen molar-refractivity contribution in [1.82, 2.24) is 9.71 Å². The summed E-state index contributed by atoms with van der Waals surface area (Å²) in [6.07, 6.45) is -0.775. The smallest absolute Gasteiger partial charge is 0.437 e. The minimum absolute atomic E-state index is 0.0929. The Bertz CT molecular complexity index is 661. The van der Waals surface area contributed by atoms with E-state index in [0.29, 0.717) is 11.2 Å². The van der Waals surface area contributed by atoms with Crippen LogP contribution >= 0.6 is 0 Å². The van der Waals surface area contributed by atoms with E-state index < -0.39 is 6.09 Å². The number of amides is 1. The number of benzene rings is 1. The summed E-state index contributed by atoms with van der Waals surface area (Å²) in [5.74, 6) is 0. The number of para-hydroxylation sites is 1. The van der Waals surface area contributed by atoms with E-state index >= 15 is 0 Å². The van der Waals surface area contributed by atoms with Crippen LogP contribution in [0.1, 0.15) is 12.6 Å². The molecule has 0 saturated heterocycles. The zero-order chi connectivity index (χ0) is 13.1. The fourth-order valence-electron chi connectivity index (χ4n) is 1.61. The topological polar surface area (TPSA) is 76.7 Å². The van der Waals surface area contributed by atoms with E-state index in [1.165, 1.54) is 0 Å². The van der Waals surface area contributed by atoms with E-state index in [1.807, 2.05) is 18.2 Å². The molecule has 0 aliphatic heterocycles. The molecular formula is C12H13N3O3. The maximum absolute atomic E-state index is 11.3. The van der Waals surface area contributed by atoms with Gasteiger partial charge >= 0.3 is 6.09 Å². The van der Waals surface area contributed by atoms with Gasteiger partial charge in [-0.15, -0.1) is 4.99 Å². The van der Waals surface area contributed by atoms with Gasteiger partial charge in [0.05, 0.1) is 17.8 Å². The summed E-state index contributed by atoms with van der Waals surface area (Å²) in [6, 6.07) is 7.29. The maximum atomic E-state index is 11.3. The van der Waals surface area contributed by atoms with Crippen LogP contribution in [0.3, 0.4) is 0 Å². The van der Waals surface area contributed by atoms with E-state index in [4.69, 9.17) is 0 Å². The predicted octanol–water partition coefficient (Wildman–Crippen LogP) is 1.64. The predicted molar refractivity (Wildman–Crippen MR) is 64.2 cm³/mol. The van der Waals surface area contributed by atoms with Crippen molar-refractivity contribution in [2.24, 2.45) is 4.99 Å². The van der Waals surface area contributed by atoms with Crippen LogP contribution in [-0.2, 0) is 4.74 Å². The summed E-state index contributed by atoms with van der Waals surface area (Å²) in [4.78, 5) is 19.0. The molecule has 0 spiro atoms. The SMILES string of the molecule is CCOC(=O)/N=c1/nc2ccccc2c(C)n1O. The van der Waals surface area contributed by atoms with E-state index in [2.05, 4.69) is 14.7 Å². The molecule has 1 amide bonds. The number of carbonyl (C=O) groups excluding carboxylic acids is 1. The van der Waals surface area contributed by atoms with E-state index in [-0.39, 0.29) is 12.2 Å². The van der Waals surface area contributed by atoms with Crippen LogP contribution in [0.25, 0.3) is 10.9 Å². The van der Waals surface area contributed by atoms with Crippen molar-refractivity contribution in [3.63, 3.8) is 0 Å². The number of fused-ring (bicyclic) bond motifs is 1. The third-order valence-electron chi connectivity index (χ3n) is 2.48. The lowest BCUT2D eigenvalue weighted by Gasteiger charge is -2.06. The molecule has 0 atom stereocenters. The van der Waals surface area contributed by atoms with E-state index in [0.717, 1.165) is 10.1 Å². The second kappa shape index (κ2) is 4.87. The summed E-state index contributed by atoms with van der Waals surface area (Å²) in [5.41, 5.74) is 1.12. The molecule has 0 radical (unpaired) electrons. The number of aryl methyl sites for hydroxylation is 1. The average molecular weight is 247 g/mol. The van der Waals surface area contributed by atoms with Gasteiger partial charge in [-0.2, -0.15) is 4.73 Å². The van der Waals surface area contributed by atoms with Crippen molar-refractivity contribution in [2.45, 2.75) is 13.8 Å². The molecule has 6 nitrogen and oxygen atoms in total. The van der Waals surface area contributed by atoms with Gasteiger partial charge in [-0.3, -0.25) is 0 Å². The standard InChI is InChI=1S/C12H13N3O3/c1-3-18-12(16)14-11-13-10-7-5-4-6-9(10)8(2)15(11)17/h4-7,17H,3H2,1-2H3/b14-11-. The van der Waals surface area contributed by atoms with Crippen LogP contribution < -0.4 is 5.62 Å². The van der Waals surface area contributed by atoms with Crippen LogP contribution in [0.5, 0.6) is 0 Å². The Hall–Kier alpha value is -2.37. The Morgan fingerprint density at radius 3 is 2.94 bits per heavy atom. The second-order valence-electron chi connectivity index (χ2n) is 3.64. The first kappa shape index (κ1) is 12.1. The van der Waals surface area contributed by atoms with E-state index in [1.54, 1.807) is 19.9 Å². The van der Waals surface area contributed by atoms with Crippen molar-refractivity contribution in [3.05, 3.63) is 35.6 Å². The first-order chi connectivity index (χ1) is 8.63. The molecule has 1 heterocycles. The van der Waals surface area contributed by atoms with Gasteiger partial charge in [-0.25, -0.2) is 9.78 Å². The molecule has 2 rings (SSSR count). The average Bonchev–Trinajstić information content (AvgIpc) is 2.36. The number of hydrogen-bond donors (Lipinski definition) is 1. The lowest BCUT2D eigenvalue weighted by atomic mass is 10.2. The van der Waals surface area contributed by atoms with Gasteiger partial charge in [0, 0.05) is 5.39 Å². The quantitative estimate of drug-likeness (QED) is 0.777. The number of rotatable bonds is 1. The molecule has 0 bridgehead atoms. The Balaban J connectivity index is 2.66. The third kappa shape index (κ3) is 2.17. The molecule has 18 heavy (non-hydrogen) atoms. The molecule has 0 saturated carbocycles. The highest BCUT2D eigenvalue weighted by Crippen LogP contribution is 2.12. The third-order valence-corrected chi connectivity index (χ3v) is 2.48. The molecule has 0 aliphatic rings. The fourth-order valence-corrected chi connectivity index (χ4v) is 1.61. The Labute approximate surface area is 103 Å². The van der Waals surface area contributed by atoms with Crippen LogP contribution in [0.4, 0.5) is 4.79 Å². The number of ether oxygens (including phenoxy) is 1. The molecule has 1 aromatic heterocycles. The molecule has 0 aliphatic carbocycles. The number of aromatic nitrogens is 2. The Morgan fingerprint density at radius 1 is 1.50 bits per heavy atom. The molecule has 6 heteroatoms. The van der Waals surface area contributed by atoms with Crippen molar-refractivity contribution in [1.29, 1.82) is 0 Å². The van der Waals surface area contributed by atoms with Gasteiger partial charge < -0.3 is 9.94 Å². The minimum Gasteiger partial charge on any atom is -0.448 e. The highest BCUT2D eigenvalue weighted by Gasteiger charge is 2.06. The van der Waals surface area contributed by atoms with Gasteiger partial charge in [-0.1, -0.05) is 18.2 Å². The molecule has 1 aromatic carbocycles. The van der Waals surface area contributed by atoms with Crippen LogP contribution in [0, 0.1) is 6.92 Å². The van der Waals surface area contributed by atoms with Crippen LogP contribution in [0.2, 0.25) is 0 Å². The zero-order valence-electron chi connectivity index (χ0n) is 10.1. The molecule has 1 N–H and O–H groups in total. The summed E-state index contributed by atoms with van der Waals surface area (Å²) >= 11 is 0. The Morgan fingerprint density at radius 2 is 2.22 bits per heavy atom.